The van der Waals surface area contributed by atoms with E-state index in [0.717, 1.165) is 16.0 Å². The number of hydrogen-bond donors (Lipinski definition) is 0. The van der Waals surface area contributed by atoms with Crippen molar-refractivity contribution in [2.45, 2.75) is 44.2 Å². The molecule has 0 aliphatic carbocycles. The molecule has 1 atom stereocenters. The summed E-state index contributed by atoms with van der Waals surface area (Å²) in [6.07, 6.45) is -9.87. The number of amides is 2. The molecule has 0 saturated heterocycles. The maximum Gasteiger partial charge on any atom is 0.416 e. The molecular formula is C29H27ClF6N2O2. The van der Waals surface area contributed by atoms with Gasteiger partial charge in [0.2, 0.25) is 5.91 Å². The highest BCUT2D eigenvalue weighted by atomic mass is 35.5. The van der Waals surface area contributed by atoms with Crippen molar-refractivity contribution in [2.24, 2.45) is 0 Å². The molecule has 3 rings (SSSR count). The third-order valence-electron chi connectivity index (χ3n) is 6.47. The predicted molar refractivity (Wildman–Crippen MR) is 140 cm³/mol. The van der Waals surface area contributed by atoms with E-state index in [1.54, 1.807) is 31.3 Å². The smallest absolute Gasteiger partial charge is 0.341 e. The highest BCUT2D eigenvalue weighted by molar-refractivity contribution is 6.30. The van der Waals surface area contributed by atoms with E-state index < -0.39 is 41.0 Å². The van der Waals surface area contributed by atoms with Gasteiger partial charge in [0.25, 0.3) is 5.91 Å². The van der Waals surface area contributed by atoms with Gasteiger partial charge in [-0.25, -0.2) is 0 Å². The second-order valence-electron chi connectivity index (χ2n) is 9.47. The number of carbonyl (C=O) groups is 2. The summed E-state index contributed by atoms with van der Waals surface area (Å²) in [5.74, 6) is -1.26. The Bertz CT molecular complexity index is 1280. The van der Waals surface area contributed by atoms with Crippen molar-refractivity contribution >= 4 is 23.4 Å². The van der Waals surface area contributed by atoms with E-state index >= 15 is 0 Å². The lowest BCUT2D eigenvalue weighted by Crippen LogP contribution is -2.40. The summed E-state index contributed by atoms with van der Waals surface area (Å²) < 4.78 is 80.3. The normalized spacial score (nSPS) is 12.6. The first-order chi connectivity index (χ1) is 18.6. The van der Waals surface area contributed by atoms with Crippen LogP contribution in [-0.4, -0.2) is 41.8 Å². The minimum absolute atomic E-state index is 0.00436. The van der Waals surface area contributed by atoms with Gasteiger partial charge in [0.15, 0.2) is 0 Å². The van der Waals surface area contributed by atoms with E-state index in [1.165, 1.54) is 11.9 Å². The third kappa shape index (κ3) is 8.48. The highest BCUT2D eigenvalue weighted by Gasteiger charge is 2.38. The molecule has 0 radical (unpaired) electrons. The van der Waals surface area contributed by atoms with E-state index in [2.05, 4.69) is 0 Å². The molecule has 0 spiro atoms. The van der Waals surface area contributed by atoms with Crippen molar-refractivity contribution in [3.63, 3.8) is 0 Å². The Labute approximate surface area is 233 Å². The van der Waals surface area contributed by atoms with E-state index in [1.807, 2.05) is 30.3 Å². The zero-order chi connectivity index (χ0) is 29.7. The summed E-state index contributed by atoms with van der Waals surface area (Å²) in [5, 5.41) is 0.464. The van der Waals surface area contributed by atoms with Crippen LogP contribution in [0, 0.1) is 0 Å². The van der Waals surface area contributed by atoms with Crippen LogP contribution in [-0.2, 0) is 30.1 Å². The number of carbonyl (C=O) groups excluding carboxylic acids is 2. The molecular weight excluding hydrogens is 558 g/mol. The summed E-state index contributed by atoms with van der Waals surface area (Å²) in [6.45, 7) is 0.348. The fraction of sp³-hybridized carbons (Fsp3) is 0.310. The Morgan fingerprint density at radius 2 is 1.35 bits per heavy atom. The average Bonchev–Trinajstić information content (AvgIpc) is 2.90. The third-order valence-corrected chi connectivity index (χ3v) is 6.72. The van der Waals surface area contributed by atoms with Crippen LogP contribution < -0.4 is 0 Å². The fourth-order valence-electron chi connectivity index (χ4n) is 4.20. The Morgan fingerprint density at radius 3 is 1.88 bits per heavy atom. The number of rotatable bonds is 9. The van der Waals surface area contributed by atoms with E-state index in [-0.39, 0.29) is 31.2 Å². The van der Waals surface area contributed by atoms with Crippen LogP contribution in [0.15, 0.2) is 72.8 Å². The number of hydrogen-bond acceptors (Lipinski definition) is 2. The van der Waals surface area contributed by atoms with Gasteiger partial charge < -0.3 is 9.80 Å². The SMILES string of the molecule is CN(Cc1ccccc1)C(=O)CCC(Cc1ccc(Cl)cc1)N(C)C(=O)c1cc(C(F)(F)F)cc(C(F)(F)F)c1. The summed E-state index contributed by atoms with van der Waals surface area (Å²) in [5.41, 5.74) is -2.28. The molecule has 0 saturated carbocycles. The molecule has 3 aromatic rings. The zero-order valence-corrected chi connectivity index (χ0v) is 22.4. The standard InChI is InChI=1S/C29H27ClF6N2O2/c1-37(18-20-6-4-3-5-7-20)26(39)13-12-25(14-19-8-10-24(30)11-9-19)38(2)27(40)21-15-22(28(31,32)33)17-23(16-21)29(34,35)36/h3-11,15-17,25H,12-14,18H2,1-2H3. The van der Waals surface area contributed by atoms with Gasteiger partial charge in [0, 0.05) is 43.7 Å². The minimum Gasteiger partial charge on any atom is -0.341 e. The van der Waals surface area contributed by atoms with Crippen molar-refractivity contribution in [3.8, 4) is 0 Å². The maximum absolute atomic E-state index is 13.4. The van der Waals surface area contributed by atoms with E-state index in [4.69, 9.17) is 11.6 Å². The first kappa shape index (κ1) is 31.0. The molecule has 0 fully saturated rings. The van der Waals surface area contributed by atoms with Crippen LogP contribution in [0.4, 0.5) is 26.3 Å². The molecule has 4 nitrogen and oxygen atoms in total. The Morgan fingerprint density at radius 1 is 0.800 bits per heavy atom. The molecule has 40 heavy (non-hydrogen) atoms. The molecule has 0 aliphatic rings. The lowest BCUT2D eigenvalue weighted by Gasteiger charge is -2.30. The Balaban J connectivity index is 1.86. The van der Waals surface area contributed by atoms with Crippen molar-refractivity contribution in [2.75, 3.05) is 14.1 Å². The molecule has 214 valence electrons. The van der Waals surface area contributed by atoms with Crippen molar-refractivity contribution in [3.05, 3.63) is 106 Å². The van der Waals surface area contributed by atoms with E-state index in [9.17, 15) is 35.9 Å². The molecule has 0 aromatic heterocycles. The molecule has 11 heteroatoms. The molecule has 3 aromatic carbocycles. The van der Waals surface area contributed by atoms with Crippen LogP contribution in [0.3, 0.4) is 0 Å². The topological polar surface area (TPSA) is 40.6 Å². The predicted octanol–water partition coefficient (Wildman–Crippen LogP) is 7.50. The summed E-state index contributed by atoms with van der Waals surface area (Å²) in [4.78, 5) is 28.8. The van der Waals surface area contributed by atoms with Crippen molar-refractivity contribution < 1.29 is 35.9 Å². The first-order valence-electron chi connectivity index (χ1n) is 12.2. The maximum atomic E-state index is 13.4. The van der Waals surface area contributed by atoms with Gasteiger partial charge in [-0.2, -0.15) is 26.3 Å². The minimum atomic E-state index is -5.09. The molecule has 1 unspecified atom stereocenters. The number of nitrogens with zero attached hydrogens (tertiary/aromatic N) is 2. The van der Waals surface area contributed by atoms with Gasteiger partial charge in [-0.1, -0.05) is 54.1 Å². The first-order valence-corrected chi connectivity index (χ1v) is 12.6. The molecule has 0 bridgehead atoms. The molecule has 0 N–H and O–H groups in total. The zero-order valence-electron chi connectivity index (χ0n) is 21.7. The van der Waals surface area contributed by atoms with Gasteiger partial charge in [-0.05, 0) is 54.3 Å². The fourth-order valence-corrected chi connectivity index (χ4v) is 4.33. The number of alkyl halides is 6. The van der Waals surface area contributed by atoms with E-state index in [0.29, 0.717) is 23.7 Å². The van der Waals surface area contributed by atoms with Gasteiger partial charge in [0.1, 0.15) is 0 Å². The summed E-state index contributed by atoms with van der Waals surface area (Å²) in [6, 6.07) is 16.0. The molecule has 0 aliphatic heterocycles. The van der Waals surface area contributed by atoms with Crippen LogP contribution >= 0.6 is 11.6 Å². The second-order valence-corrected chi connectivity index (χ2v) is 9.91. The molecule has 2 amide bonds. The van der Waals surface area contributed by atoms with Crippen molar-refractivity contribution in [1.82, 2.24) is 9.80 Å². The van der Waals surface area contributed by atoms with Gasteiger partial charge in [-0.3, -0.25) is 9.59 Å². The Kier molecular flexibility index (Phi) is 9.89. The molecule has 0 heterocycles. The Hall–Kier alpha value is -3.53. The van der Waals surface area contributed by atoms with Crippen LogP contribution in [0.1, 0.15) is 45.5 Å². The monoisotopic (exact) mass is 584 g/mol. The quantitative estimate of drug-likeness (QED) is 0.244. The second kappa shape index (κ2) is 12.8. The number of benzene rings is 3. The van der Waals surface area contributed by atoms with Crippen molar-refractivity contribution in [1.29, 1.82) is 0 Å². The van der Waals surface area contributed by atoms with Crippen LogP contribution in [0.25, 0.3) is 0 Å². The number of likely N-dealkylation sites (N-methyl/N-ethyl adjacent to an activating group) is 1. The number of halogens is 7. The largest absolute Gasteiger partial charge is 0.416 e. The summed E-state index contributed by atoms with van der Waals surface area (Å²) >= 11 is 5.95. The summed E-state index contributed by atoms with van der Waals surface area (Å²) in [7, 11) is 2.92. The lowest BCUT2D eigenvalue weighted by atomic mass is 9.98. The average molecular weight is 585 g/mol. The van der Waals surface area contributed by atoms with Gasteiger partial charge >= 0.3 is 12.4 Å². The lowest BCUT2D eigenvalue weighted by molar-refractivity contribution is -0.143. The van der Waals surface area contributed by atoms with Gasteiger partial charge in [0.05, 0.1) is 11.1 Å². The highest BCUT2D eigenvalue weighted by Crippen LogP contribution is 2.36. The van der Waals surface area contributed by atoms with Gasteiger partial charge in [-0.15, -0.1) is 0 Å². The van der Waals surface area contributed by atoms with Crippen LogP contribution in [0.5, 0.6) is 0 Å². The van der Waals surface area contributed by atoms with Crippen LogP contribution in [0.2, 0.25) is 5.02 Å².